The summed E-state index contributed by atoms with van der Waals surface area (Å²) in [6.07, 6.45) is 9.10. The Hall–Kier alpha value is -0.160. The fraction of sp³-hybridized carbons (Fsp3) is 0.957. The number of hydrogen-bond acceptors (Lipinski definition) is 5. The molecule has 182 valence electrons. The molecule has 1 saturated carbocycles. The van der Waals surface area contributed by atoms with Gasteiger partial charge in [-0.2, -0.15) is 0 Å². The number of likely N-dealkylation sites (tertiary alicyclic amines) is 1. The summed E-state index contributed by atoms with van der Waals surface area (Å²) in [6.45, 7) is 13.1. The van der Waals surface area contributed by atoms with E-state index in [1.807, 2.05) is 0 Å². The number of rotatable bonds is 9. The topological polar surface area (TPSA) is 61.4 Å². The maximum Gasteiger partial charge on any atom is 0.191 e. The van der Waals surface area contributed by atoms with Crippen molar-refractivity contribution in [2.24, 2.45) is 10.9 Å². The summed E-state index contributed by atoms with van der Waals surface area (Å²) in [4.78, 5) is 10.3. The molecule has 0 radical (unpaired) electrons. The highest BCUT2D eigenvalue weighted by molar-refractivity contribution is 14.0. The summed E-state index contributed by atoms with van der Waals surface area (Å²) in [6, 6.07) is 0. The summed E-state index contributed by atoms with van der Waals surface area (Å²) in [5.41, 5.74) is 0.233. The first-order chi connectivity index (χ1) is 14.8. The molecule has 0 bridgehead atoms. The van der Waals surface area contributed by atoms with Gasteiger partial charge in [0.05, 0.1) is 26.4 Å². The molecule has 2 saturated heterocycles. The van der Waals surface area contributed by atoms with E-state index in [4.69, 9.17) is 14.5 Å². The van der Waals surface area contributed by atoms with Crippen molar-refractivity contribution in [2.75, 3.05) is 79.3 Å². The molecule has 0 spiro atoms. The molecule has 0 amide bonds. The molecule has 31 heavy (non-hydrogen) atoms. The molecule has 7 nitrogen and oxygen atoms in total. The molecule has 3 fully saturated rings. The maximum atomic E-state index is 5.62. The lowest BCUT2D eigenvalue weighted by Gasteiger charge is -2.47. The van der Waals surface area contributed by atoms with Gasteiger partial charge in [0, 0.05) is 45.4 Å². The van der Waals surface area contributed by atoms with Crippen molar-refractivity contribution >= 4 is 29.9 Å². The Morgan fingerprint density at radius 3 is 2.42 bits per heavy atom. The second-order valence-electron chi connectivity index (χ2n) is 9.24. The molecule has 1 aliphatic carbocycles. The van der Waals surface area contributed by atoms with E-state index in [1.165, 1.54) is 58.0 Å². The van der Waals surface area contributed by atoms with Crippen LogP contribution < -0.4 is 10.6 Å². The highest BCUT2D eigenvalue weighted by atomic mass is 127. The minimum Gasteiger partial charge on any atom is -0.383 e. The smallest absolute Gasteiger partial charge is 0.191 e. The van der Waals surface area contributed by atoms with E-state index in [2.05, 4.69) is 27.4 Å². The van der Waals surface area contributed by atoms with Crippen LogP contribution in [-0.4, -0.2) is 101 Å². The van der Waals surface area contributed by atoms with Crippen molar-refractivity contribution in [3.8, 4) is 0 Å². The van der Waals surface area contributed by atoms with E-state index >= 15 is 0 Å². The van der Waals surface area contributed by atoms with Gasteiger partial charge in [0.15, 0.2) is 5.96 Å². The lowest BCUT2D eigenvalue weighted by atomic mass is 9.80. The first-order valence-electron chi connectivity index (χ1n) is 12.3. The average Bonchev–Trinajstić information content (AvgIpc) is 2.81. The molecule has 3 aliphatic rings. The van der Waals surface area contributed by atoms with Crippen LogP contribution in [0.4, 0.5) is 0 Å². The minimum atomic E-state index is 0. The van der Waals surface area contributed by atoms with E-state index in [0.29, 0.717) is 0 Å². The van der Waals surface area contributed by atoms with Crippen LogP contribution in [-0.2, 0) is 9.47 Å². The van der Waals surface area contributed by atoms with Crippen LogP contribution in [0.1, 0.15) is 51.9 Å². The second-order valence-corrected chi connectivity index (χ2v) is 9.24. The zero-order valence-corrected chi connectivity index (χ0v) is 22.2. The third-order valence-corrected chi connectivity index (χ3v) is 7.22. The number of methoxy groups -OCH3 is 1. The lowest BCUT2D eigenvalue weighted by molar-refractivity contribution is -0.0333. The van der Waals surface area contributed by atoms with Crippen LogP contribution in [0.25, 0.3) is 0 Å². The van der Waals surface area contributed by atoms with Crippen LogP contribution in [0.15, 0.2) is 4.99 Å². The summed E-state index contributed by atoms with van der Waals surface area (Å²) >= 11 is 0. The molecular formula is C23H46IN5O2. The zero-order valence-electron chi connectivity index (χ0n) is 19.9. The molecule has 0 aromatic carbocycles. The summed E-state index contributed by atoms with van der Waals surface area (Å²) in [5, 5.41) is 7.15. The Labute approximate surface area is 207 Å². The number of halogens is 1. The van der Waals surface area contributed by atoms with Gasteiger partial charge in [-0.3, -0.25) is 9.89 Å². The first kappa shape index (κ1) is 27.1. The third kappa shape index (κ3) is 8.61. The van der Waals surface area contributed by atoms with Crippen molar-refractivity contribution in [2.45, 2.75) is 57.4 Å². The van der Waals surface area contributed by atoms with E-state index in [9.17, 15) is 0 Å². The molecule has 0 atom stereocenters. The van der Waals surface area contributed by atoms with Gasteiger partial charge in [0.25, 0.3) is 0 Å². The summed E-state index contributed by atoms with van der Waals surface area (Å²) < 4.78 is 10.8. The van der Waals surface area contributed by atoms with Crippen LogP contribution in [0.5, 0.6) is 0 Å². The first-order valence-corrected chi connectivity index (χ1v) is 12.3. The largest absolute Gasteiger partial charge is 0.383 e. The number of aliphatic imine (C=N–C) groups is 1. The highest BCUT2D eigenvalue weighted by Gasteiger charge is 2.38. The quantitative estimate of drug-likeness (QED) is 0.261. The molecule has 2 aliphatic heterocycles. The maximum absolute atomic E-state index is 5.62. The number of hydrogen-bond donors (Lipinski definition) is 2. The van der Waals surface area contributed by atoms with Crippen molar-refractivity contribution < 1.29 is 9.47 Å². The van der Waals surface area contributed by atoms with Crippen molar-refractivity contribution in [3.63, 3.8) is 0 Å². The van der Waals surface area contributed by atoms with Crippen LogP contribution >= 0.6 is 24.0 Å². The Kier molecular flexibility index (Phi) is 13.0. The van der Waals surface area contributed by atoms with Crippen LogP contribution in [0.2, 0.25) is 0 Å². The standard InChI is InChI=1S/C23H45N5O2.HI/c1-3-24-22(25-19-21-7-11-27(12-8-21)13-16-29-2)26-20-23(9-5-4-6-10-23)28-14-17-30-18-15-28;/h21H,3-20H2,1-2H3,(H2,24,25,26);1H. The van der Waals surface area contributed by atoms with Gasteiger partial charge in [-0.1, -0.05) is 19.3 Å². The highest BCUT2D eigenvalue weighted by Crippen LogP contribution is 2.34. The Morgan fingerprint density at radius 2 is 1.77 bits per heavy atom. The number of nitrogens with zero attached hydrogens (tertiary/aromatic N) is 3. The fourth-order valence-electron chi connectivity index (χ4n) is 5.27. The van der Waals surface area contributed by atoms with Gasteiger partial charge in [-0.05, 0) is 51.6 Å². The third-order valence-electron chi connectivity index (χ3n) is 7.22. The van der Waals surface area contributed by atoms with Gasteiger partial charge < -0.3 is 25.0 Å². The summed E-state index contributed by atoms with van der Waals surface area (Å²) in [7, 11) is 1.79. The SMILES string of the molecule is CCNC(=NCC1(N2CCOCC2)CCCCC1)NCC1CCN(CCOC)CC1.I. The Bertz CT molecular complexity index is 502. The van der Waals surface area contributed by atoms with Gasteiger partial charge in [0.2, 0.25) is 0 Å². The molecule has 0 unspecified atom stereocenters. The zero-order chi connectivity index (χ0) is 21.1. The molecule has 0 aromatic rings. The van der Waals surface area contributed by atoms with E-state index < -0.39 is 0 Å². The molecule has 2 N–H and O–H groups in total. The van der Waals surface area contributed by atoms with Crippen LogP contribution in [0.3, 0.4) is 0 Å². The molecule has 2 heterocycles. The normalized spacial score (nSPS) is 23.9. The van der Waals surface area contributed by atoms with Crippen molar-refractivity contribution in [1.29, 1.82) is 0 Å². The number of piperidine rings is 1. The predicted molar refractivity (Wildman–Crippen MR) is 139 cm³/mol. The summed E-state index contributed by atoms with van der Waals surface area (Å²) in [5.74, 6) is 1.73. The number of ether oxygens (including phenoxy) is 2. The van der Waals surface area contributed by atoms with E-state index in [0.717, 1.165) is 71.0 Å². The minimum absolute atomic E-state index is 0. The molecule has 8 heteroatoms. The molecule has 0 aromatic heterocycles. The van der Waals surface area contributed by atoms with Gasteiger partial charge in [-0.25, -0.2) is 0 Å². The van der Waals surface area contributed by atoms with Crippen molar-refractivity contribution in [3.05, 3.63) is 0 Å². The Balaban J connectivity index is 0.00000341. The lowest BCUT2D eigenvalue weighted by Crippen LogP contribution is -2.56. The number of morpholine rings is 1. The molecular weight excluding hydrogens is 505 g/mol. The fourth-order valence-corrected chi connectivity index (χ4v) is 5.27. The van der Waals surface area contributed by atoms with E-state index in [-0.39, 0.29) is 29.5 Å². The van der Waals surface area contributed by atoms with Gasteiger partial charge >= 0.3 is 0 Å². The average molecular weight is 552 g/mol. The number of guanidine groups is 1. The number of nitrogens with one attached hydrogen (secondary N) is 2. The van der Waals surface area contributed by atoms with Crippen molar-refractivity contribution in [1.82, 2.24) is 20.4 Å². The van der Waals surface area contributed by atoms with Gasteiger partial charge in [-0.15, -0.1) is 24.0 Å². The van der Waals surface area contributed by atoms with Gasteiger partial charge in [0.1, 0.15) is 0 Å². The predicted octanol–water partition coefficient (Wildman–Crippen LogP) is 2.55. The van der Waals surface area contributed by atoms with E-state index in [1.54, 1.807) is 7.11 Å². The monoisotopic (exact) mass is 551 g/mol. The Morgan fingerprint density at radius 1 is 1.06 bits per heavy atom. The molecule has 3 rings (SSSR count). The van der Waals surface area contributed by atoms with Crippen LogP contribution in [0, 0.1) is 5.92 Å². The second kappa shape index (κ2) is 14.9.